The molecule has 0 spiro atoms. The van der Waals surface area contributed by atoms with E-state index in [4.69, 9.17) is 57.1 Å². The summed E-state index contributed by atoms with van der Waals surface area (Å²) in [4.78, 5) is 81.3. The SMILES string of the molecule is Br.Brc1ccc2c3ccccc3n(-c3ccccn3)c2c1.C.C.CC(=O)O.COc1ccc2c(c1)c1nc3ccccc3n1c1cccnc21.Cc1cccc(-c2nc3ccccc3[nH]2)c1.Clc1ncccc1I.O=c1ccc2c(c1)c1nc3ccccc3n1c1ccc[nH]c21.[2H]OOC=O.[CH2-]F.[Cs+].[Cs+].c1ccc(-n2c3ccccc3c3ccc(Oc4ccc5c(c4)c4nc6ccccc6n4c4cccnc54)cc32)nc1. The minimum atomic E-state index is -0.833. The Labute approximate surface area is 986 Å². The normalized spacial score (nSPS) is 10.7. The molecule has 0 unspecified atom stereocenters. The van der Waals surface area contributed by atoms with E-state index in [1.165, 1.54) is 32.8 Å². The summed E-state index contributed by atoms with van der Waals surface area (Å²) in [5.74, 6) is 4.22. The van der Waals surface area contributed by atoms with Crippen molar-refractivity contribution < 1.29 is 176 Å². The summed E-state index contributed by atoms with van der Waals surface area (Å²) in [7, 11) is 3.43. The summed E-state index contributed by atoms with van der Waals surface area (Å²) in [5.41, 5.74) is 23.7. The zero-order valence-electron chi connectivity index (χ0n) is 78.1. The number of carbonyl (C=O) groups is 2. The van der Waals surface area contributed by atoms with Crippen LogP contribution in [-0.2, 0) is 14.5 Å². The number of rotatable bonds is 8. The van der Waals surface area contributed by atoms with Gasteiger partial charge in [0.1, 0.15) is 56.8 Å². The number of benzene rings is 12. The quantitative estimate of drug-likeness (QED) is 0.0209. The number of imidazole rings is 4. The number of pyridine rings is 9. The van der Waals surface area contributed by atoms with Gasteiger partial charge in [-0.15, -0.1) is 17.0 Å². The Morgan fingerprint density at radius 2 is 0.883 bits per heavy atom. The number of halogens is 5. The molecule has 0 bridgehead atoms. The van der Waals surface area contributed by atoms with Crippen molar-refractivity contribution in [3.8, 4) is 40.3 Å². The number of H-pyrrole nitrogens is 2. The van der Waals surface area contributed by atoms with E-state index in [0.717, 1.165) is 198 Å². The van der Waals surface area contributed by atoms with E-state index in [-0.39, 0.29) is 182 Å². The number of aliphatic carboxylic acids is 1. The zero-order valence-corrected chi connectivity index (χ0v) is 95.9. The van der Waals surface area contributed by atoms with Crippen LogP contribution in [-0.4, -0.2) is 107 Å². The number of ether oxygens (including phenoxy) is 2. The molecule has 0 aliphatic rings. The van der Waals surface area contributed by atoms with Gasteiger partial charge in [-0.05, 0) is 248 Å². The number of para-hydroxylation sites is 10. The topological polar surface area (TPSA) is 290 Å². The molecule has 27 aromatic rings. The number of nitrogens with one attached hydrogen (secondary N) is 2. The first-order valence-electron chi connectivity index (χ1n) is 44.2. The second-order valence-corrected chi connectivity index (χ2v) is 34.2. The van der Waals surface area contributed by atoms with Crippen LogP contribution in [0.3, 0.4) is 0 Å². The summed E-state index contributed by atoms with van der Waals surface area (Å²) in [5, 5.41) is 22.0. The average molecular weight is 2420 g/mol. The largest absolute Gasteiger partial charge is 1.00 e. The van der Waals surface area contributed by atoms with Crippen molar-refractivity contribution in [2.24, 2.45) is 0 Å². The molecule has 0 atom stereocenters. The van der Waals surface area contributed by atoms with Crippen LogP contribution in [0.5, 0.6) is 17.2 Å². The fourth-order valence-corrected chi connectivity index (χ4v) is 18.3. The van der Waals surface area contributed by atoms with Gasteiger partial charge < -0.3 is 33.8 Å². The predicted octanol–water partition coefficient (Wildman–Crippen LogP) is 23.3. The van der Waals surface area contributed by atoms with Crippen molar-refractivity contribution in [3.63, 3.8) is 0 Å². The molecule has 145 heavy (non-hydrogen) atoms. The van der Waals surface area contributed by atoms with Gasteiger partial charge in [0.15, 0.2) is 5.43 Å². The monoisotopic (exact) mass is 2410 g/mol. The number of aromatic nitrogens is 16. The molecule has 15 heterocycles. The van der Waals surface area contributed by atoms with Gasteiger partial charge in [0.05, 0.1) is 110 Å². The summed E-state index contributed by atoms with van der Waals surface area (Å²) in [6.07, 6.45) is 10.9. The number of aromatic amines is 2. The molecule has 0 fully saturated rings. The maximum absolute atomic E-state index is 11.8. The van der Waals surface area contributed by atoms with Crippen molar-refractivity contribution in [1.82, 2.24) is 77.2 Å². The molecule has 12 aromatic carbocycles. The van der Waals surface area contributed by atoms with Gasteiger partial charge in [0, 0.05) is 114 Å². The van der Waals surface area contributed by atoms with Gasteiger partial charge in [-0.25, -0.2) is 40.1 Å². The number of carbonyl (C=O) groups excluding carboxylic acids is 1. The number of aryl methyl sites for hydroxylation is 1. The number of carboxylic acids is 1. The van der Waals surface area contributed by atoms with E-state index < -0.39 is 5.97 Å². The second kappa shape index (κ2) is 49.5. The van der Waals surface area contributed by atoms with Crippen LogP contribution in [0.2, 0.25) is 5.15 Å². The Morgan fingerprint density at radius 3 is 1.39 bits per heavy atom. The third-order valence-electron chi connectivity index (χ3n) is 23.2. The van der Waals surface area contributed by atoms with Crippen LogP contribution >= 0.6 is 67.1 Å². The first-order chi connectivity index (χ1) is 69.1. The molecule has 0 saturated heterocycles. The van der Waals surface area contributed by atoms with Gasteiger partial charge in [-0.3, -0.25) is 46.7 Å². The summed E-state index contributed by atoms with van der Waals surface area (Å²) >= 11 is 11.3. The van der Waals surface area contributed by atoms with E-state index in [2.05, 4.69) is 271 Å². The Kier molecular flexibility index (Phi) is 36.4. The fourth-order valence-electron chi connectivity index (χ4n) is 17.5. The minimum absolute atomic E-state index is 0. The number of fused-ring (bicyclic) bond motifs is 31. The standard InChI is InChI=1S/C35H21N5O.C19H13N3O.C18H11N3O.C17H11BrN2.C14H12N2.C5H3ClIN.C2H4O2.CH2F.CH2O3.2CH4.BrH.2Cs/c1-3-10-29-24(8-1)25-16-14-23(21-32(25)39(29)33-13-5-6-18-36-33)41-22-15-17-26-27(20-22)35-38-28-9-2-4-11-30(28)40(35)31-12-7-19-37-34(26)31;1-23-12-8-9-13-14(11-12)19-21-15-5-2-3-6-16(15)22(19)17-7-4-10-20-18(13)17;22-11-7-8-12-13(10-11)18-20-14-4-1-2-5-15(14)21(18)16-6-3-9-19-17(12)16;18-12-8-9-14-13-5-1-2-6-15(13)20(16(14)11-12)17-7-3-4-10-19-17;1-10-5-4-6-11(9-10)14-15-12-7-2-3-8-13(12)16-14;6-5-4(7)2-1-3-8-5;1-2(3)4;1-2;2-1-4-3;;;;;/h1-21H;2-11H,1H3;1-10,19H;1-11H;2-9H,1H3,(H,15,16);1-3H;1H3,(H,3,4);1H2;1,3H;2*1H4;1H;;/q;;;;;;;-1;;;;;2*+1/i/hD. The first kappa shape index (κ1) is 107. The molecule has 24 nitrogen and oxygen atoms in total. The predicted molar refractivity (Wildman–Crippen MR) is 592 cm³/mol. The molecule has 31 heteroatoms. The van der Waals surface area contributed by atoms with Crippen LogP contribution in [0.1, 0.15) is 27.3 Å². The van der Waals surface area contributed by atoms with Crippen molar-refractivity contribution in [2.75, 3.05) is 7.11 Å². The van der Waals surface area contributed by atoms with Gasteiger partial charge in [-0.2, -0.15) is 7.18 Å². The van der Waals surface area contributed by atoms with E-state index in [9.17, 15) is 9.18 Å². The third kappa shape index (κ3) is 22.7. The molecule has 15 aromatic heterocycles. The van der Waals surface area contributed by atoms with E-state index in [1.54, 1.807) is 32.6 Å². The number of nitrogens with zero attached hydrogens (tertiary/aromatic N) is 14. The molecular formula is C114H88Br2ClCs2FIN16O8+. The number of hydrogen-bond donors (Lipinski definition) is 4. The van der Waals surface area contributed by atoms with Gasteiger partial charge >= 0.3 is 144 Å². The van der Waals surface area contributed by atoms with Crippen LogP contribution in [0, 0.1) is 17.7 Å². The Hall–Kier alpha value is -12.7. The minimum Gasteiger partial charge on any atom is -0.497 e. The molecule has 0 aliphatic heterocycles. The second-order valence-electron chi connectivity index (χ2n) is 31.8. The van der Waals surface area contributed by atoms with Crippen molar-refractivity contribution in [2.45, 2.75) is 28.7 Å². The van der Waals surface area contributed by atoms with E-state index in [1.807, 2.05) is 207 Å². The van der Waals surface area contributed by atoms with Gasteiger partial charge in [0.25, 0.3) is 7.40 Å². The number of methoxy groups -OCH3 is 1. The van der Waals surface area contributed by atoms with Gasteiger partial charge in [0.2, 0.25) is 0 Å². The smallest absolute Gasteiger partial charge is 0.497 e. The fraction of sp³-hybridized carbons (Fsp3) is 0.0439. The summed E-state index contributed by atoms with van der Waals surface area (Å²) in [6, 6.07) is 116. The van der Waals surface area contributed by atoms with E-state index >= 15 is 0 Å². The molecule has 0 amide bonds. The Balaban J connectivity index is 0.000000141. The van der Waals surface area contributed by atoms with E-state index in [0.29, 0.717) is 5.15 Å². The van der Waals surface area contributed by atoms with Crippen LogP contribution in [0.4, 0.5) is 4.39 Å². The van der Waals surface area contributed by atoms with Crippen LogP contribution in [0.25, 0.3) is 195 Å². The Morgan fingerprint density at radius 1 is 0.448 bits per heavy atom. The summed E-state index contributed by atoms with van der Waals surface area (Å²) in [6.45, 7) is 3.19. The van der Waals surface area contributed by atoms with Crippen LogP contribution < -0.4 is 153 Å². The first-order valence-corrected chi connectivity index (χ1v) is 46.1. The summed E-state index contributed by atoms with van der Waals surface area (Å²) < 4.78 is 39.8. The van der Waals surface area contributed by atoms with Crippen LogP contribution in [0.15, 0.2) is 392 Å². The van der Waals surface area contributed by atoms with Gasteiger partial charge in [-0.1, -0.05) is 169 Å². The van der Waals surface area contributed by atoms with Crippen molar-refractivity contribution >= 4 is 250 Å². The maximum atomic E-state index is 11.8. The molecular weight excluding hydrogens is 2330 g/mol. The third-order valence-corrected chi connectivity index (χ3v) is 25.2. The number of hydrogen-bond acceptors (Lipinski definition) is 16. The molecule has 27 rings (SSSR count). The molecule has 0 saturated carbocycles. The van der Waals surface area contributed by atoms with Crippen molar-refractivity contribution in [3.05, 3.63) is 419 Å². The Bertz CT molecular complexity index is 9400. The molecule has 0 radical (unpaired) electrons. The molecule has 4 N–H and O–H groups in total. The molecule has 0 aliphatic carbocycles. The number of carboxylic acid groups (broad SMARTS) is 1. The average Bonchev–Trinajstić information content (AvgIpc) is 1.54. The van der Waals surface area contributed by atoms with Crippen molar-refractivity contribution in [1.29, 1.82) is 1.43 Å². The molecule has 708 valence electrons. The zero-order chi connectivity index (χ0) is 97.2. The maximum Gasteiger partial charge on any atom is 1.00 e.